The molecule has 2 aliphatic rings. The monoisotopic (exact) mass is 422 g/mol. The van der Waals surface area contributed by atoms with E-state index in [2.05, 4.69) is 21.8 Å². The van der Waals surface area contributed by atoms with Crippen molar-refractivity contribution in [2.45, 2.75) is 31.1 Å². The van der Waals surface area contributed by atoms with E-state index >= 15 is 0 Å². The maximum absolute atomic E-state index is 12.7. The van der Waals surface area contributed by atoms with Gasteiger partial charge in [0.2, 0.25) is 0 Å². The lowest BCUT2D eigenvalue weighted by molar-refractivity contribution is 0.0985. The fourth-order valence-corrected chi connectivity index (χ4v) is 5.92. The molecule has 1 unspecified atom stereocenters. The number of nitrogens with two attached hydrogens (primary N) is 1. The second kappa shape index (κ2) is 7.46. The average Bonchev–Trinajstić information content (AvgIpc) is 3.00. The number of halogens is 1. The van der Waals surface area contributed by atoms with Crippen molar-refractivity contribution >= 4 is 33.0 Å². The highest BCUT2D eigenvalue weighted by Gasteiger charge is 2.32. The van der Waals surface area contributed by atoms with Gasteiger partial charge in [-0.25, -0.2) is 19.2 Å². The molecule has 0 aliphatic carbocycles. The summed E-state index contributed by atoms with van der Waals surface area (Å²) in [5, 5.41) is -0.130. The third-order valence-corrected chi connectivity index (χ3v) is 7.66. The van der Waals surface area contributed by atoms with Crippen LogP contribution < -0.4 is 10.6 Å². The van der Waals surface area contributed by atoms with Gasteiger partial charge in [-0.2, -0.15) is 0 Å². The molecule has 28 heavy (non-hydrogen) atoms. The van der Waals surface area contributed by atoms with Gasteiger partial charge in [-0.1, -0.05) is 11.6 Å². The first-order valence-corrected chi connectivity index (χ1v) is 11.4. The lowest BCUT2D eigenvalue weighted by Gasteiger charge is -2.34. The van der Waals surface area contributed by atoms with Gasteiger partial charge in [0.15, 0.2) is 5.82 Å². The highest BCUT2D eigenvalue weighted by Crippen LogP contribution is 2.36. The Hall–Kier alpha value is -1.97. The van der Waals surface area contributed by atoms with Crippen LogP contribution in [-0.2, 0) is 14.5 Å². The molecule has 2 aromatic rings. The Bertz CT molecular complexity index is 979. The minimum atomic E-state index is -2.71. The van der Waals surface area contributed by atoms with Gasteiger partial charge < -0.3 is 15.4 Å². The van der Waals surface area contributed by atoms with Gasteiger partial charge in [0, 0.05) is 23.9 Å². The third-order valence-electron chi connectivity index (χ3n) is 5.17. The van der Waals surface area contributed by atoms with E-state index in [0.29, 0.717) is 49.0 Å². The zero-order chi connectivity index (χ0) is 19.9. The first kappa shape index (κ1) is 19.4. The number of nitrogens with zero attached hydrogens (tertiary/aromatic N) is 4. The smallest absolute Gasteiger partial charge is 0.162 e. The number of nitrogens with one attached hydrogen (secondary N) is 1. The molecule has 0 saturated carbocycles. The molecule has 4 heterocycles. The zero-order valence-corrected chi connectivity index (χ0v) is 17.2. The number of pyridine rings is 1. The molecule has 0 bridgehead atoms. The first-order valence-electron chi connectivity index (χ1n) is 9.25. The lowest BCUT2D eigenvalue weighted by Crippen LogP contribution is -2.44. The van der Waals surface area contributed by atoms with E-state index in [1.165, 1.54) is 0 Å². The first-order chi connectivity index (χ1) is 13.3. The molecule has 0 spiro atoms. The molecular weight excluding hydrogens is 400 g/mol. The van der Waals surface area contributed by atoms with Crippen LogP contribution in [0.1, 0.15) is 30.7 Å². The predicted molar refractivity (Wildman–Crippen MR) is 110 cm³/mol. The summed E-state index contributed by atoms with van der Waals surface area (Å²) in [5.41, 5.74) is 7.14. The molecule has 3 atom stereocenters. The summed E-state index contributed by atoms with van der Waals surface area (Å²) in [6.07, 6.45) is 1.46. The lowest BCUT2D eigenvalue weighted by atomic mass is 10.1. The number of hydrogen-bond donors (Lipinski definition) is 2. The molecule has 2 saturated heterocycles. The molecule has 0 aromatic carbocycles. The molecule has 8 nitrogen and oxygen atoms in total. The van der Waals surface area contributed by atoms with Crippen molar-refractivity contribution < 1.29 is 8.95 Å². The highest BCUT2D eigenvalue weighted by molar-refractivity contribution is 7.92. The normalized spacial score (nSPS) is 27.9. The van der Waals surface area contributed by atoms with E-state index in [-0.39, 0.29) is 22.3 Å². The van der Waals surface area contributed by atoms with Gasteiger partial charge in [0.05, 0.1) is 39.9 Å². The van der Waals surface area contributed by atoms with E-state index < -0.39 is 9.73 Å². The van der Waals surface area contributed by atoms with Gasteiger partial charge in [0.1, 0.15) is 16.8 Å². The minimum absolute atomic E-state index is 0.152. The summed E-state index contributed by atoms with van der Waals surface area (Å²) in [4.78, 5) is 15.6. The van der Waals surface area contributed by atoms with E-state index in [1.54, 1.807) is 12.1 Å². The highest BCUT2D eigenvalue weighted by atomic mass is 35.5. The fourth-order valence-electron chi connectivity index (χ4n) is 3.77. The summed E-state index contributed by atoms with van der Waals surface area (Å²) < 4.78 is 26.5. The Morgan fingerprint density at radius 2 is 2.14 bits per heavy atom. The Balaban J connectivity index is 1.85. The molecule has 2 fully saturated rings. The summed E-state index contributed by atoms with van der Waals surface area (Å²) in [6, 6.07) is 5.36. The van der Waals surface area contributed by atoms with Crippen LogP contribution in [0.25, 0.3) is 11.4 Å². The van der Waals surface area contributed by atoms with Crippen LogP contribution in [0.2, 0.25) is 5.15 Å². The molecule has 0 amide bonds. The number of anilines is 2. The van der Waals surface area contributed by atoms with Gasteiger partial charge >= 0.3 is 0 Å². The summed E-state index contributed by atoms with van der Waals surface area (Å²) in [6.45, 7) is 4.01. The van der Waals surface area contributed by atoms with Crippen molar-refractivity contribution in [2.75, 3.05) is 36.1 Å². The van der Waals surface area contributed by atoms with Crippen molar-refractivity contribution in [3.8, 4) is 11.4 Å². The number of morpholine rings is 1. The van der Waals surface area contributed by atoms with Crippen molar-refractivity contribution in [2.24, 2.45) is 0 Å². The molecule has 150 valence electrons. The Labute approximate surface area is 169 Å². The van der Waals surface area contributed by atoms with Crippen molar-refractivity contribution in [1.82, 2.24) is 15.0 Å². The number of ether oxygens (including phenoxy) is 1. The van der Waals surface area contributed by atoms with E-state index in [0.717, 1.165) is 12.2 Å². The number of hydrogen-bond acceptors (Lipinski definition) is 8. The van der Waals surface area contributed by atoms with Crippen LogP contribution in [-0.4, -0.2) is 50.7 Å². The van der Waals surface area contributed by atoms with Crippen LogP contribution in [0, 0.1) is 4.78 Å². The Morgan fingerprint density at radius 1 is 1.32 bits per heavy atom. The van der Waals surface area contributed by atoms with Gasteiger partial charge in [-0.3, -0.25) is 4.78 Å². The van der Waals surface area contributed by atoms with Crippen LogP contribution >= 0.6 is 11.6 Å². The van der Waals surface area contributed by atoms with E-state index in [9.17, 15) is 4.21 Å². The molecule has 10 heteroatoms. The third kappa shape index (κ3) is 3.78. The summed E-state index contributed by atoms with van der Waals surface area (Å²) >= 11 is 6.07. The quantitative estimate of drug-likeness (QED) is 0.730. The van der Waals surface area contributed by atoms with Gasteiger partial charge in [-0.05, 0) is 31.9 Å². The second-order valence-electron chi connectivity index (χ2n) is 7.26. The van der Waals surface area contributed by atoms with Crippen molar-refractivity contribution in [3.63, 3.8) is 0 Å². The molecule has 2 aromatic heterocycles. The van der Waals surface area contributed by atoms with Gasteiger partial charge in [0.25, 0.3) is 0 Å². The largest absolute Gasteiger partial charge is 0.384 e. The predicted octanol–water partition coefficient (Wildman–Crippen LogP) is 2.88. The molecule has 3 N–H and O–H groups in total. The Morgan fingerprint density at radius 3 is 2.82 bits per heavy atom. The molecule has 2 aliphatic heterocycles. The van der Waals surface area contributed by atoms with Crippen LogP contribution in [0.15, 0.2) is 18.2 Å². The van der Waals surface area contributed by atoms with Crippen LogP contribution in [0.3, 0.4) is 0 Å². The number of rotatable bonds is 3. The standard InChI is InChI=1S/C18H23ClN6O2S/c1-11-10-27-5-4-25(11)17-9-13(14-3-2-6-28(14,21)26)22-18(24-17)12-7-15(19)23-16(20)8-12/h7-9,11,14,21H,2-6,10H2,1H3,(H2,20,23)/t11-,14-,28?/m1/s1. The second-order valence-corrected chi connectivity index (χ2v) is 10.1. The fraction of sp³-hybridized carbons (Fsp3) is 0.500. The maximum Gasteiger partial charge on any atom is 0.162 e. The SMILES string of the molecule is C[C@@H]1COCCN1c1cc([C@H]2CCCS2(=N)=O)nc(-c2cc(N)nc(Cl)c2)n1. The average molecular weight is 423 g/mol. The van der Waals surface area contributed by atoms with E-state index in [4.69, 9.17) is 31.8 Å². The number of nitrogen functional groups attached to an aromatic ring is 1. The zero-order valence-electron chi connectivity index (χ0n) is 15.6. The van der Waals surface area contributed by atoms with Crippen molar-refractivity contribution in [3.05, 3.63) is 29.0 Å². The van der Waals surface area contributed by atoms with E-state index in [1.807, 2.05) is 6.07 Å². The topological polar surface area (TPSA) is 118 Å². The Kier molecular flexibility index (Phi) is 5.15. The minimum Gasteiger partial charge on any atom is -0.384 e. The van der Waals surface area contributed by atoms with Crippen LogP contribution in [0.4, 0.5) is 11.6 Å². The van der Waals surface area contributed by atoms with Crippen molar-refractivity contribution in [1.29, 1.82) is 4.78 Å². The van der Waals surface area contributed by atoms with Crippen LogP contribution in [0.5, 0.6) is 0 Å². The number of aromatic nitrogens is 3. The maximum atomic E-state index is 12.7. The molecule has 4 rings (SSSR count). The summed E-state index contributed by atoms with van der Waals surface area (Å²) in [7, 11) is -2.71. The summed E-state index contributed by atoms with van der Waals surface area (Å²) in [5.74, 6) is 1.88. The van der Waals surface area contributed by atoms with Gasteiger partial charge in [-0.15, -0.1) is 0 Å². The molecular formula is C18H23ClN6O2S. The molecule has 0 radical (unpaired) electrons.